The molecule has 0 atom stereocenters. The standard InChI is InChI=1S/C19H12ClF3N2OS/c1-25(19(26)11-8-13(21)10-24-9-11)17-15(22)6-7-16(23)18(17)27-14-4-2-12(20)3-5-14/h2-10H,1H3. The summed E-state index contributed by atoms with van der Waals surface area (Å²) in [6.07, 6.45) is 2.10. The first-order valence-electron chi connectivity index (χ1n) is 7.67. The average Bonchev–Trinajstić information content (AvgIpc) is 2.65. The Kier molecular flexibility index (Phi) is 5.72. The summed E-state index contributed by atoms with van der Waals surface area (Å²) in [5, 5.41) is 0.505. The zero-order valence-corrected chi connectivity index (χ0v) is 15.5. The Labute approximate surface area is 162 Å². The van der Waals surface area contributed by atoms with Gasteiger partial charge in [0.2, 0.25) is 0 Å². The number of amides is 1. The van der Waals surface area contributed by atoms with E-state index >= 15 is 0 Å². The molecule has 0 saturated heterocycles. The van der Waals surface area contributed by atoms with Crippen molar-refractivity contribution in [2.24, 2.45) is 0 Å². The fourth-order valence-corrected chi connectivity index (χ4v) is 3.51. The SMILES string of the molecule is CN(C(=O)c1cncc(F)c1)c1c(F)ccc(F)c1Sc1ccc(Cl)cc1. The molecule has 0 fully saturated rings. The van der Waals surface area contributed by atoms with Crippen LogP contribution in [-0.4, -0.2) is 17.9 Å². The number of aromatic nitrogens is 1. The van der Waals surface area contributed by atoms with Crippen LogP contribution in [-0.2, 0) is 0 Å². The van der Waals surface area contributed by atoms with Crippen molar-refractivity contribution < 1.29 is 18.0 Å². The van der Waals surface area contributed by atoms with E-state index in [1.807, 2.05) is 0 Å². The monoisotopic (exact) mass is 408 g/mol. The third-order valence-electron chi connectivity index (χ3n) is 3.66. The highest BCUT2D eigenvalue weighted by Crippen LogP contribution is 2.39. The lowest BCUT2D eigenvalue weighted by Gasteiger charge is -2.21. The number of nitrogens with zero attached hydrogens (tertiary/aromatic N) is 2. The molecule has 3 aromatic rings. The van der Waals surface area contributed by atoms with E-state index in [4.69, 9.17) is 11.6 Å². The normalized spacial score (nSPS) is 10.7. The largest absolute Gasteiger partial charge is 0.308 e. The van der Waals surface area contributed by atoms with E-state index in [1.165, 1.54) is 7.05 Å². The average molecular weight is 409 g/mol. The summed E-state index contributed by atoms with van der Waals surface area (Å²) in [7, 11) is 1.29. The van der Waals surface area contributed by atoms with E-state index in [2.05, 4.69) is 4.98 Å². The lowest BCUT2D eigenvalue weighted by Crippen LogP contribution is -2.28. The van der Waals surface area contributed by atoms with Crippen molar-refractivity contribution in [2.75, 3.05) is 11.9 Å². The Morgan fingerprint density at radius 3 is 2.37 bits per heavy atom. The van der Waals surface area contributed by atoms with E-state index < -0.39 is 23.4 Å². The molecule has 1 aromatic heterocycles. The lowest BCUT2D eigenvalue weighted by molar-refractivity contribution is 0.0991. The van der Waals surface area contributed by atoms with Gasteiger partial charge in [-0.1, -0.05) is 23.4 Å². The molecule has 0 aliphatic heterocycles. The van der Waals surface area contributed by atoms with Crippen LogP contribution in [0.4, 0.5) is 18.9 Å². The molecule has 0 N–H and O–H groups in total. The summed E-state index contributed by atoms with van der Waals surface area (Å²) in [5.74, 6) is -2.90. The van der Waals surface area contributed by atoms with Crippen LogP contribution in [0.25, 0.3) is 0 Å². The maximum atomic E-state index is 14.5. The second-order valence-corrected chi connectivity index (χ2v) is 7.04. The first-order chi connectivity index (χ1) is 12.9. The van der Waals surface area contributed by atoms with Crippen molar-refractivity contribution in [3.63, 3.8) is 0 Å². The van der Waals surface area contributed by atoms with E-state index in [9.17, 15) is 18.0 Å². The van der Waals surface area contributed by atoms with Gasteiger partial charge in [-0.3, -0.25) is 9.78 Å². The zero-order valence-electron chi connectivity index (χ0n) is 13.9. The highest BCUT2D eigenvalue weighted by atomic mass is 35.5. The smallest absolute Gasteiger partial charge is 0.259 e. The van der Waals surface area contributed by atoms with Gasteiger partial charge in [0.1, 0.15) is 17.5 Å². The van der Waals surface area contributed by atoms with Crippen LogP contribution >= 0.6 is 23.4 Å². The maximum Gasteiger partial charge on any atom is 0.259 e. The van der Waals surface area contributed by atoms with Crippen molar-refractivity contribution in [3.05, 3.63) is 82.9 Å². The van der Waals surface area contributed by atoms with Crippen LogP contribution in [0.15, 0.2) is 64.6 Å². The summed E-state index contributed by atoms with van der Waals surface area (Å²) < 4.78 is 42.3. The van der Waals surface area contributed by atoms with Gasteiger partial charge >= 0.3 is 0 Å². The molecular formula is C19H12ClF3N2OS. The summed E-state index contributed by atoms with van der Waals surface area (Å²) in [6.45, 7) is 0. The number of benzene rings is 2. The molecule has 0 radical (unpaired) electrons. The fourth-order valence-electron chi connectivity index (χ4n) is 2.38. The van der Waals surface area contributed by atoms with Gasteiger partial charge in [0, 0.05) is 23.2 Å². The van der Waals surface area contributed by atoms with E-state index in [-0.39, 0.29) is 16.1 Å². The van der Waals surface area contributed by atoms with E-state index in [0.717, 1.165) is 47.3 Å². The molecule has 1 heterocycles. The molecule has 0 spiro atoms. The highest BCUT2D eigenvalue weighted by Gasteiger charge is 2.24. The summed E-state index contributed by atoms with van der Waals surface area (Å²) >= 11 is 6.79. The number of hydrogen-bond donors (Lipinski definition) is 0. The zero-order chi connectivity index (χ0) is 19.6. The molecule has 0 aliphatic carbocycles. The van der Waals surface area contributed by atoms with E-state index in [0.29, 0.717) is 9.92 Å². The van der Waals surface area contributed by atoms with Crippen LogP contribution in [0.2, 0.25) is 5.02 Å². The van der Waals surface area contributed by atoms with Gasteiger partial charge in [-0.25, -0.2) is 13.2 Å². The minimum Gasteiger partial charge on any atom is -0.308 e. The number of carbonyl (C=O) groups excluding carboxylic acids is 1. The molecule has 2 aromatic carbocycles. The van der Waals surface area contributed by atoms with Crippen LogP contribution in [0.5, 0.6) is 0 Å². The lowest BCUT2D eigenvalue weighted by atomic mass is 10.2. The second kappa shape index (κ2) is 8.02. The Morgan fingerprint density at radius 1 is 1.04 bits per heavy atom. The van der Waals surface area contributed by atoms with Crippen molar-refractivity contribution in [2.45, 2.75) is 9.79 Å². The number of anilines is 1. The first kappa shape index (κ1) is 19.3. The second-order valence-electron chi connectivity index (χ2n) is 5.52. The van der Waals surface area contributed by atoms with Crippen LogP contribution in [0.3, 0.4) is 0 Å². The van der Waals surface area contributed by atoms with Gasteiger partial charge in [-0.2, -0.15) is 0 Å². The van der Waals surface area contributed by atoms with Crippen molar-refractivity contribution in [1.29, 1.82) is 0 Å². The Morgan fingerprint density at radius 2 is 1.70 bits per heavy atom. The van der Waals surface area contributed by atoms with Gasteiger partial charge in [0.15, 0.2) is 0 Å². The molecule has 1 amide bonds. The Bertz CT molecular complexity index is 999. The van der Waals surface area contributed by atoms with Crippen LogP contribution in [0.1, 0.15) is 10.4 Å². The fraction of sp³-hybridized carbons (Fsp3) is 0.0526. The summed E-state index contributed by atoms with van der Waals surface area (Å²) in [4.78, 5) is 17.7. The number of hydrogen-bond acceptors (Lipinski definition) is 3. The predicted octanol–water partition coefficient (Wildman–Crippen LogP) is 5.58. The molecule has 0 aliphatic rings. The third-order valence-corrected chi connectivity index (χ3v) is 5.01. The maximum absolute atomic E-state index is 14.5. The van der Waals surface area contributed by atoms with Crippen molar-refractivity contribution in [3.8, 4) is 0 Å². The molecule has 0 saturated carbocycles. The predicted molar refractivity (Wildman–Crippen MR) is 98.9 cm³/mol. The highest BCUT2D eigenvalue weighted by molar-refractivity contribution is 7.99. The van der Waals surface area contributed by atoms with Crippen molar-refractivity contribution in [1.82, 2.24) is 4.98 Å². The molecule has 0 unspecified atom stereocenters. The van der Waals surface area contributed by atoms with E-state index in [1.54, 1.807) is 24.3 Å². The van der Waals surface area contributed by atoms with Gasteiger partial charge in [0.25, 0.3) is 5.91 Å². The quantitative estimate of drug-likeness (QED) is 0.565. The first-order valence-corrected chi connectivity index (χ1v) is 8.86. The molecule has 138 valence electrons. The molecular weight excluding hydrogens is 397 g/mol. The Hall–Kier alpha value is -2.51. The molecule has 3 rings (SSSR count). The summed E-state index contributed by atoms with van der Waals surface area (Å²) in [6, 6.07) is 9.44. The van der Waals surface area contributed by atoms with Gasteiger partial charge in [-0.05, 0) is 42.5 Å². The van der Waals surface area contributed by atoms with Gasteiger partial charge in [-0.15, -0.1) is 0 Å². The topological polar surface area (TPSA) is 33.2 Å². The Balaban J connectivity index is 2.02. The minimum atomic E-state index is -0.784. The van der Waals surface area contributed by atoms with Gasteiger partial charge < -0.3 is 4.90 Å². The number of rotatable bonds is 4. The molecule has 3 nitrogen and oxygen atoms in total. The van der Waals surface area contributed by atoms with Crippen LogP contribution in [0, 0.1) is 17.5 Å². The number of pyridine rings is 1. The van der Waals surface area contributed by atoms with Crippen LogP contribution < -0.4 is 4.90 Å². The molecule has 27 heavy (non-hydrogen) atoms. The number of halogens is 4. The van der Waals surface area contributed by atoms with Gasteiger partial charge in [0.05, 0.1) is 22.3 Å². The number of carbonyl (C=O) groups is 1. The summed E-state index contributed by atoms with van der Waals surface area (Å²) in [5.41, 5.74) is -0.326. The minimum absolute atomic E-state index is 0.0717. The molecule has 8 heteroatoms. The third kappa shape index (κ3) is 4.26. The van der Waals surface area contributed by atoms with Crippen molar-refractivity contribution >= 4 is 35.0 Å². The molecule has 0 bridgehead atoms.